The molecule has 3 aliphatic rings. The number of nitrogens with one attached hydrogen (secondary N) is 1. The summed E-state index contributed by atoms with van der Waals surface area (Å²) < 4.78 is 27.9. The largest absolute Gasteiger partial charge is 0.449 e. The summed E-state index contributed by atoms with van der Waals surface area (Å²) in [5, 5.41) is 85.2. The van der Waals surface area contributed by atoms with E-state index in [1.54, 1.807) is 6.08 Å². The van der Waals surface area contributed by atoms with Gasteiger partial charge in [-0.15, -0.1) is 0 Å². The minimum atomic E-state index is -1.81. The highest BCUT2D eigenvalue weighted by molar-refractivity contribution is 5.79. The summed E-state index contributed by atoms with van der Waals surface area (Å²) in [4.78, 5) is 13.0. The molecular formula is C34H45NO14. The Labute approximate surface area is 282 Å². The number of carbonyl (C=O) groups is 1. The molecule has 2 fully saturated rings. The fourth-order valence-electron chi connectivity index (χ4n) is 6.32. The van der Waals surface area contributed by atoms with E-state index in [0.29, 0.717) is 6.42 Å². The van der Waals surface area contributed by atoms with Crippen LogP contribution >= 0.6 is 0 Å². The summed E-state index contributed by atoms with van der Waals surface area (Å²) in [5.41, 5.74) is 4.18. The van der Waals surface area contributed by atoms with Crippen molar-refractivity contribution in [2.24, 2.45) is 0 Å². The van der Waals surface area contributed by atoms with E-state index < -0.39 is 99.5 Å². The first-order chi connectivity index (χ1) is 23.6. The zero-order chi connectivity index (χ0) is 35.2. The second kappa shape index (κ2) is 16.8. The van der Waals surface area contributed by atoms with E-state index in [1.807, 2.05) is 55.5 Å². The number of amides is 1. The molecule has 0 saturated carbocycles. The van der Waals surface area contributed by atoms with Crippen molar-refractivity contribution in [1.29, 1.82) is 0 Å². The molecule has 0 aromatic heterocycles. The highest BCUT2D eigenvalue weighted by Crippen LogP contribution is 2.44. The van der Waals surface area contributed by atoms with Crippen molar-refractivity contribution in [2.75, 3.05) is 26.4 Å². The predicted octanol–water partition coefficient (Wildman–Crippen LogP) is -1.14. The molecule has 2 aromatic rings. The van der Waals surface area contributed by atoms with Gasteiger partial charge in [-0.3, -0.25) is 0 Å². The highest BCUT2D eigenvalue weighted by atomic mass is 16.7. The summed E-state index contributed by atoms with van der Waals surface area (Å²) >= 11 is 0. The third-order valence-electron chi connectivity index (χ3n) is 9.03. The van der Waals surface area contributed by atoms with Crippen LogP contribution in [-0.4, -0.2) is 147 Å². The number of hydrogen-bond donors (Lipinski definition) is 9. The van der Waals surface area contributed by atoms with Gasteiger partial charge < -0.3 is 69.9 Å². The van der Waals surface area contributed by atoms with Crippen molar-refractivity contribution in [1.82, 2.24) is 5.32 Å². The third kappa shape index (κ3) is 8.14. The molecule has 0 bridgehead atoms. The van der Waals surface area contributed by atoms with Gasteiger partial charge in [-0.1, -0.05) is 67.6 Å². The molecule has 15 heteroatoms. The molecule has 1 aliphatic carbocycles. The smallest absolute Gasteiger partial charge is 0.407 e. The van der Waals surface area contributed by atoms with Gasteiger partial charge in [0.05, 0.1) is 32.0 Å². The van der Waals surface area contributed by atoms with Crippen LogP contribution in [0.25, 0.3) is 11.1 Å². The van der Waals surface area contributed by atoms with E-state index in [1.165, 1.54) is 6.08 Å². The average Bonchev–Trinajstić information content (AvgIpc) is 3.44. The van der Waals surface area contributed by atoms with Crippen molar-refractivity contribution in [3.63, 3.8) is 0 Å². The molecule has 0 spiro atoms. The molecule has 2 saturated heterocycles. The molecule has 9 N–H and O–H groups in total. The van der Waals surface area contributed by atoms with E-state index in [0.717, 1.165) is 22.3 Å². The van der Waals surface area contributed by atoms with Crippen LogP contribution in [0.15, 0.2) is 60.7 Å². The molecule has 2 heterocycles. The maximum atomic E-state index is 13.0. The van der Waals surface area contributed by atoms with Gasteiger partial charge >= 0.3 is 6.09 Å². The average molecular weight is 692 g/mol. The van der Waals surface area contributed by atoms with Crippen LogP contribution in [0.4, 0.5) is 4.79 Å². The Kier molecular flexibility index (Phi) is 12.8. The lowest BCUT2D eigenvalue weighted by Crippen LogP contribution is -2.65. The summed E-state index contributed by atoms with van der Waals surface area (Å²) in [6.45, 7) is -0.0156. The summed E-state index contributed by atoms with van der Waals surface area (Å²) in [6, 6.07) is 14.6. The number of hydrogen-bond acceptors (Lipinski definition) is 14. The van der Waals surface area contributed by atoms with Crippen LogP contribution in [0.1, 0.15) is 30.4 Å². The molecule has 5 rings (SSSR count). The minimum absolute atomic E-state index is 0.0268. The van der Waals surface area contributed by atoms with Crippen molar-refractivity contribution in [3.8, 4) is 11.1 Å². The van der Waals surface area contributed by atoms with Gasteiger partial charge in [-0.05, 0) is 28.7 Å². The van der Waals surface area contributed by atoms with Crippen LogP contribution in [0.2, 0.25) is 0 Å². The molecule has 1 amide bonds. The van der Waals surface area contributed by atoms with E-state index in [9.17, 15) is 45.6 Å². The van der Waals surface area contributed by atoms with Crippen LogP contribution in [0.5, 0.6) is 0 Å². The lowest BCUT2D eigenvalue weighted by molar-refractivity contribution is -0.359. The predicted molar refractivity (Wildman–Crippen MR) is 170 cm³/mol. The van der Waals surface area contributed by atoms with Crippen LogP contribution in [-0.2, 0) is 23.7 Å². The van der Waals surface area contributed by atoms with Gasteiger partial charge in [0.2, 0.25) is 0 Å². The molecule has 4 unspecified atom stereocenters. The Morgan fingerprint density at radius 1 is 0.837 bits per heavy atom. The topological polar surface area (TPSA) is 237 Å². The number of allylic oxidation sites excluding steroid dienone is 1. The van der Waals surface area contributed by atoms with Gasteiger partial charge in [-0.25, -0.2) is 4.79 Å². The highest BCUT2D eigenvalue weighted by Gasteiger charge is 2.51. The Balaban J connectivity index is 1.21. The number of carbonyl (C=O) groups excluding carboxylic acids is 1. The zero-order valence-electron chi connectivity index (χ0n) is 26.8. The van der Waals surface area contributed by atoms with Crippen molar-refractivity contribution >= 4 is 6.09 Å². The van der Waals surface area contributed by atoms with Crippen LogP contribution in [0.3, 0.4) is 0 Å². The number of rotatable bonds is 13. The fourth-order valence-corrected chi connectivity index (χ4v) is 6.32. The number of ether oxygens (including phenoxy) is 5. The van der Waals surface area contributed by atoms with E-state index in [2.05, 4.69) is 5.32 Å². The third-order valence-corrected chi connectivity index (χ3v) is 9.03. The first-order valence-corrected chi connectivity index (χ1v) is 16.3. The minimum Gasteiger partial charge on any atom is -0.449 e. The molecular weight excluding hydrogens is 646 g/mol. The lowest BCUT2D eigenvalue weighted by Gasteiger charge is -2.46. The number of aliphatic hydroxyl groups excluding tert-OH is 8. The van der Waals surface area contributed by atoms with Gasteiger partial charge in [0, 0.05) is 5.92 Å². The summed E-state index contributed by atoms with van der Waals surface area (Å²) in [5.74, 6) is -0.196. The Bertz CT molecular complexity index is 1360. The zero-order valence-corrected chi connectivity index (χ0v) is 26.8. The first-order valence-electron chi connectivity index (χ1n) is 16.3. The number of benzene rings is 2. The van der Waals surface area contributed by atoms with E-state index in [-0.39, 0.29) is 12.5 Å². The summed E-state index contributed by atoms with van der Waals surface area (Å²) in [7, 11) is 0. The molecule has 0 radical (unpaired) electrons. The number of alkyl carbamates (subject to hydrolysis) is 1. The maximum absolute atomic E-state index is 13.0. The number of aliphatic hydroxyl groups is 8. The Hall–Kier alpha value is -3.03. The van der Waals surface area contributed by atoms with Gasteiger partial charge in [0.1, 0.15) is 55.4 Å². The van der Waals surface area contributed by atoms with Crippen LogP contribution in [0, 0.1) is 0 Å². The van der Waals surface area contributed by atoms with Gasteiger partial charge in [0.25, 0.3) is 0 Å². The Morgan fingerprint density at radius 2 is 1.43 bits per heavy atom. The summed E-state index contributed by atoms with van der Waals surface area (Å²) in [6.07, 6.45) is -14.6. The molecule has 49 heavy (non-hydrogen) atoms. The molecule has 2 aromatic carbocycles. The molecule has 270 valence electrons. The van der Waals surface area contributed by atoms with Crippen LogP contribution < -0.4 is 5.32 Å². The maximum Gasteiger partial charge on any atom is 0.407 e. The number of fused-ring (bicyclic) bond motifs is 3. The first kappa shape index (κ1) is 37.2. The van der Waals surface area contributed by atoms with Gasteiger partial charge in [0.15, 0.2) is 12.6 Å². The normalized spacial score (nSPS) is 32.8. The quantitative estimate of drug-likeness (QED) is 0.113. The second-order valence-corrected chi connectivity index (χ2v) is 12.2. The molecule has 12 atom stereocenters. The monoisotopic (exact) mass is 691 g/mol. The molecule has 15 nitrogen and oxygen atoms in total. The lowest BCUT2D eigenvalue weighted by atomic mass is 9.97. The SMILES string of the molecule is CC/C=C/[C@@H](O)[C@H](COC1OC(CO)[C@@H](OC2OC(CO)[C@H](O)[C@H](O)[C@@H]2O)[C@H](O)[C@@H]1O)NC(=O)OCC1c2ccccc2-c2ccccc21. The molecule has 2 aliphatic heterocycles. The van der Waals surface area contributed by atoms with Crippen molar-refractivity contribution in [3.05, 3.63) is 71.8 Å². The standard InChI is InChI=1S/C34H45NO14/c1-2-3-12-23(38)22(35-34(44)46-15-21-19-10-6-4-8-17(19)18-9-5-7-11-20(18)21)16-45-32-30(43)28(41)31(25(14-37)48-32)49-33-29(42)27(40)26(39)24(13-36)47-33/h3-12,21-33,36-43H,2,13-16H2,1H3,(H,35,44)/b12-3+/t22-,23+,24?,25?,26-,27-,28+,29-,30-,31+,32?,33?/m0/s1. The van der Waals surface area contributed by atoms with E-state index >= 15 is 0 Å². The fraction of sp³-hybridized carbons (Fsp3) is 0.559. The van der Waals surface area contributed by atoms with Gasteiger partial charge in [-0.2, -0.15) is 0 Å². The van der Waals surface area contributed by atoms with E-state index in [4.69, 9.17) is 23.7 Å². The van der Waals surface area contributed by atoms with Crippen molar-refractivity contribution in [2.45, 2.75) is 92.8 Å². The second-order valence-electron chi connectivity index (χ2n) is 12.2. The van der Waals surface area contributed by atoms with Crippen molar-refractivity contribution < 1.29 is 69.3 Å². The Morgan fingerprint density at radius 3 is 2.04 bits per heavy atom.